The summed E-state index contributed by atoms with van der Waals surface area (Å²) in [5.41, 5.74) is 2.88. The summed E-state index contributed by atoms with van der Waals surface area (Å²) in [6.45, 7) is 3.67. The maximum absolute atomic E-state index is 13.7. The molecule has 2 heterocycles. The van der Waals surface area contributed by atoms with Crippen molar-refractivity contribution in [1.82, 2.24) is 9.80 Å². The zero-order chi connectivity index (χ0) is 25.1. The fraction of sp³-hybridized carbons (Fsp3) is 0.379. The molecule has 2 aliphatic rings. The molecule has 0 bridgehead atoms. The maximum Gasteiger partial charge on any atom is 0.254 e. The van der Waals surface area contributed by atoms with Crippen LogP contribution in [0.3, 0.4) is 0 Å². The number of hydrogen-bond donors (Lipinski definition) is 0. The summed E-state index contributed by atoms with van der Waals surface area (Å²) in [5.74, 6) is 1.81. The lowest BCUT2D eigenvalue weighted by atomic mass is 10.00. The lowest BCUT2D eigenvalue weighted by Gasteiger charge is -2.37. The van der Waals surface area contributed by atoms with E-state index in [1.807, 2.05) is 60.4 Å². The van der Waals surface area contributed by atoms with Gasteiger partial charge in [-0.05, 0) is 73.4 Å². The smallest absolute Gasteiger partial charge is 0.254 e. The lowest BCUT2D eigenvalue weighted by molar-refractivity contribution is -0.135. The number of fused-ring (bicyclic) bond motifs is 1. The minimum absolute atomic E-state index is 0.0350. The first-order valence-electron chi connectivity index (χ1n) is 12.5. The summed E-state index contributed by atoms with van der Waals surface area (Å²) in [5, 5.41) is 2.08. The monoisotopic (exact) mass is 504 g/mol. The van der Waals surface area contributed by atoms with Crippen molar-refractivity contribution in [2.45, 2.75) is 32.2 Å². The molecule has 36 heavy (non-hydrogen) atoms. The van der Waals surface area contributed by atoms with Crippen LogP contribution in [0.1, 0.15) is 45.2 Å². The van der Waals surface area contributed by atoms with Crippen LogP contribution in [0, 0.1) is 12.8 Å². The molecule has 0 N–H and O–H groups in total. The van der Waals surface area contributed by atoms with Gasteiger partial charge in [0.2, 0.25) is 5.91 Å². The van der Waals surface area contributed by atoms with Gasteiger partial charge in [-0.25, -0.2) is 0 Å². The zero-order valence-corrected chi connectivity index (χ0v) is 21.6. The van der Waals surface area contributed by atoms with Crippen LogP contribution in [0.4, 0.5) is 0 Å². The van der Waals surface area contributed by atoms with E-state index in [-0.39, 0.29) is 24.4 Å². The molecule has 7 heteroatoms. The second-order valence-electron chi connectivity index (χ2n) is 9.64. The van der Waals surface area contributed by atoms with Crippen molar-refractivity contribution in [1.29, 1.82) is 0 Å². The summed E-state index contributed by atoms with van der Waals surface area (Å²) >= 11 is 1.73. The highest BCUT2D eigenvalue weighted by atomic mass is 32.1. The van der Waals surface area contributed by atoms with Gasteiger partial charge in [-0.15, -0.1) is 11.3 Å². The Bertz CT molecular complexity index is 1220. The Labute approximate surface area is 216 Å². The lowest BCUT2D eigenvalue weighted by Crippen LogP contribution is -2.48. The predicted molar refractivity (Wildman–Crippen MR) is 141 cm³/mol. The third kappa shape index (κ3) is 5.57. The Morgan fingerprint density at radius 3 is 2.61 bits per heavy atom. The number of amides is 2. The number of aryl methyl sites for hydroxylation is 1. The minimum Gasteiger partial charge on any atom is -0.497 e. The molecule has 0 spiro atoms. The summed E-state index contributed by atoms with van der Waals surface area (Å²) in [4.78, 5) is 32.0. The Morgan fingerprint density at radius 2 is 1.86 bits per heavy atom. The first-order valence-corrected chi connectivity index (χ1v) is 13.4. The number of hydrogen-bond acceptors (Lipinski definition) is 5. The Kier molecular flexibility index (Phi) is 7.28. The van der Waals surface area contributed by atoms with Gasteiger partial charge in [0.15, 0.2) is 0 Å². The highest BCUT2D eigenvalue weighted by molar-refractivity contribution is 7.10. The molecule has 188 valence electrons. The molecule has 1 saturated carbocycles. The van der Waals surface area contributed by atoms with Crippen molar-refractivity contribution in [2.75, 3.05) is 33.4 Å². The van der Waals surface area contributed by atoms with Gasteiger partial charge in [-0.3, -0.25) is 9.59 Å². The van der Waals surface area contributed by atoms with Crippen LogP contribution < -0.4 is 9.47 Å². The number of thiophene rings is 1. The zero-order valence-electron chi connectivity index (χ0n) is 20.8. The van der Waals surface area contributed by atoms with Gasteiger partial charge in [0.1, 0.15) is 24.7 Å². The fourth-order valence-electron chi connectivity index (χ4n) is 4.70. The van der Waals surface area contributed by atoms with E-state index >= 15 is 0 Å². The molecule has 0 radical (unpaired) electrons. The van der Waals surface area contributed by atoms with Crippen LogP contribution in [0.2, 0.25) is 0 Å². The van der Waals surface area contributed by atoms with Gasteiger partial charge >= 0.3 is 0 Å². The van der Waals surface area contributed by atoms with Gasteiger partial charge in [-0.1, -0.05) is 23.8 Å². The van der Waals surface area contributed by atoms with Crippen molar-refractivity contribution in [3.8, 4) is 11.5 Å². The van der Waals surface area contributed by atoms with Crippen LogP contribution in [-0.4, -0.2) is 55.0 Å². The van der Waals surface area contributed by atoms with Gasteiger partial charge in [0.05, 0.1) is 13.2 Å². The molecule has 0 saturated heterocycles. The van der Waals surface area contributed by atoms with Crippen LogP contribution in [-0.2, 0) is 11.2 Å². The summed E-state index contributed by atoms with van der Waals surface area (Å²) in [6, 6.07) is 17.0. The van der Waals surface area contributed by atoms with E-state index in [1.165, 1.54) is 4.88 Å². The Balaban J connectivity index is 1.33. The van der Waals surface area contributed by atoms with E-state index in [0.29, 0.717) is 36.9 Å². The van der Waals surface area contributed by atoms with Crippen molar-refractivity contribution < 1.29 is 19.1 Å². The van der Waals surface area contributed by atoms with E-state index in [2.05, 4.69) is 11.4 Å². The third-order valence-electron chi connectivity index (χ3n) is 6.95. The van der Waals surface area contributed by atoms with Crippen LogP contribution in [0.15, 0.2) is 60.0 Å². The van der Waals surface area contributed by atoms with Crippen molar-refractivity contribution >= 4 is 23.2 Å². The number of nitrogens with zero attached hydrogens (tertiary/aromatic N) is 2. The highest BCUT2D eigenvalue weighted by Crippen LogP contribution is 2.35. The maximum atomic E-state index is 13.7. The number of carbonyl (C=O) groups is 2. The minimum atomic E-state index is -0.198. The first kappa shape index (κ1) is 24.4. The number of carbonyl (C=O) groups excluding carboxylic acids is 2. The molecular formula is C29H32N2O4S. The normalized spacial score (nSPS) is 16.8. The molecular weight excluding hydrogens is 472 g/mol. The summed E-state index contributed by atoms with van der Waals surface area (Å²) < 4.78 is 11.5. The summed E-state index contributed by atoms with van der Waals surface area (Å²) in [7, 11) is 1.63. The molecule has 2 amide bonds. The van der Waals surface area contributed by atoms with Crippen LogP contribution >= 0.6 is 11.3 Å². The standard InChI is InChI=1S/C29H32N2O4S/c1-20-6-10-22(11-7-20)29(33)30(17-21-8-9-21)18-28(32)31-14-12-27-25(13-15-36-27)26(31)19-35-24-5-3-4-23(16-24)34-2/h3-7,10-11,13,15-16,21,26H,8-9,12,14,17-19H2,1-2H3/t26-/m1/s1. The second kappa shape index (κ2) is 10.7. The molecule has 1 aliphatic carbocycles. The fourth-order valence-corrected chi connectivity index (χ4v) is 5.63. The van der Waals surface area contributed by atoms with E-state index in [4.69, 9.17) is 9.47 Å². The second-order valence-corrected chi connectivity index (χ2v) is 10.6. The quantitative estimate of drug-likeness (QED) is 0.406. The third-order valence-corrected chi connectivity index (χ3v) is 7.95. The molecule has 6 nitrogen and oxygen atoms in total. The molecule has 1 atom stereocenters. The first-order chi connectivity index (χ1) is 17.5. The van der Waals surface area contributed by atoms with Crippen LogP contribution in [0.5, 0.6) is 11.5 Å². The SMILES string of the molecule is COc1cccc(OC[C@@H]2c3ccsc3CCN2C(=O)CN(CC2CC2)C(=O)c2ccc(C)cc2)c1. The van der Waals surface area contributed by atoms with Gasteiger partial charge < -0.3 is 19.3 Å². The molecule has 5 rings (SSSR count). The molecule has 1 fully saturated rings. The number of ether oxygens (including phenoxy) is 2. The van der Waals surface area contributed by atoms with E-state index < -0.39 is 0 Å². The van der Waals surface area contributed by atoms with E-state index in [1.54, 1.807) is 23.3 Å². The van der Waals surface area contributed by atoms with Crippen molar-refractivity contribution in [3.63, 3.8) is 0 Å². The average Bonchev–Trinajstić information content (AvgIpc) is 3.59. The van der Waals surface area contributed by atoms with Crippen LogP contribution in [0.25, 0.3) is 0 Å². The van der Waals surface area contributed by atoms with Crippen molar-refractivity contribution in [3.05, 3.63) is 81.5 Å². The predicted octanol–water partition coefficient (Wildman–Crippen LogP) is 5.12. The topological polar surface area (TPSA) is 59.1 Å². The largest absolute Gasteiger partial charge is 0.497 e. The molecule has 1 aromatic heterocycles. The van der Waals surface area contributed by atoms with Gasteiger partial charge in [0.25, 0.3) is 5.91 Å². The molecule has 1 aliphatic heterocycles. The number of methoxy groups -OCH3 is 1. The molecule has 3 aromatic rings. The number of benzene rings is 2. The Morgan fingerprint density at radius 1 is 1.08 bits per heavy atom. The van der Waals surface area contributed by atoms with E-state index in [0.717, 1.165) is 36.1 Å². The number of rotatable bonds is 9. The summed E-state index contributed by atoms with van der Waals surface area (Å²) in [6.07, 6.45) is 3.05. The highest BCUT2D eigenvalue weighted by Gasteiger charge is 2.35. The van der Waals surface area contributed by atoms with Gasteiger partial charge in [0, 0.05) is 29.6 Å². The van der Waals surface area contributed by atoms with E-state index in [9.17, 15) is 9.59 Å². The Hall–Kier alpha value is -3.32. The molecule has 2 aromatic carbocycles. The van der Waals surface area contributed by atoms with Crippen molar-refractivity contribution in [2.24, 2.45) is 5.92 Å². The van der Waals surface area contributed by atoms with Gasteiger partial charge in [-0.2, -0.15) is 0 Å². The average molecular weight is 505 g/mol. The molecule has 0 unspecified atom stereocenters.